The van der Waals surface area contributed by atoms with Crippen LogP contribution in [0.2, 0.25) is 0 Å². The van der Waals surface area contributed by atoms with E-state index < -0.39 is 11.6 Å². The van der Waals surface area contributed by atoms with Crippen molar-refractivity contribution < 1.29 is 8.78 Å². The standard InChI is InChI=1S/C16H20F2N4/c1-16(6-7-21(2)3)8-22(9-16)15-11-4-5-12(17)13(18)14(11)19-10-20-15/h4-5,10H,6-9H2,1-3H3. The Morgan fingerprint density at radius 3 is 2.64 bits per heavy atom. The van der Waals surface area contributed by atoms with Crippen LogP contribution >= 0.6 is 0 Å². The van der Waals surface area contributed by atoms with Gasteiger partial charge in [0, 0.05) is 23.9 Å². The molecule has 2 heterocycles. The third-order valence-corrected chi connectivity index (χ3v) is 4.28. The first-order valence-electron chi connectivity index (χ1n) is 7.38. The molecule has 0 saturated carbocycles. The zero-order valence-electron chi connectivity index (χ0n) is 13.1. The second-order valence-corrected chi connectivity index (χ2v) is 6.67. The maximum Gasteiger partial charge on any atom is 0.185 e. The smallest absolute Gasteiger partial charge is 0.185 e. The van der Waals surface area contributed by atoms with Crippen LogP contribution in [0.4, 0.5) is 14.6 Å². The summed E-state index contributed by atoms with van der Waals surface area (Å²) in [6, 6.07) is 2.69. The summed E-state index contributed by atoms with van der Waals surface area (Å²) in [4.78, 5) is 12.4. The van der Waals surface area contributed by atoms with Crippen LogP contribution in [-0.4, -0.2) is 48.6 Å². The number of hydrogen-bond acceptors (Lipinski definition) is 4. The number of anilines is 1. The van der Waals surface area contributed by atoms with Crippen molar-refractivity contribution in [3.05, 3.63) is 30.1 Å². The molecule has 0 unspecified atom stereocenters. The fraction of sp³-hybridized carbons (Fsp3) is 0.500. The van der Waals surface area contributed by atoms with Crippen molar-refractivity contribution in [3.63, 3.8) is 0 Å². The molecular weight excluding hydrogens is 286 g/mol. The summed E-state index contributed by atoms with van der Waals surface area (Å²) in [7, 11) is 4.13. The van der Waals surface area contributed by atoms with Crippen LogP contribution in [-0.2, 0) is 0 Å². The summed E-state index contributed by atoms with van der Waals surface area (Å²) < 4.78 is 27.2. The van der Waals surface area contributed by atoms with Crippen LogP contribution in [0.3, 0.4) is 0 Å². The SMILES string of the molecule is CN(C)CCC1(C)CN(c2ncnc3c(F)c(F)ccc23)C1. The molecule has 0 spiro atoms. The molecular formula is C16H20F2N4. The molecule has 1 aliphatic heterocycles. The van der Waals surface area contributed by atoms with E-state index in [4.69, 9.17) is 0 Å². The molecule has 0 radical (unpaired) electrons. The molecule has 1 aromatic heterocycles. The van der Waals surface area contributed by atoms with E-state index in [9.17, 15) is 8.78 Å². The van der Waals surface area contributed by atoms with Crippen molar-refractivity contribution in [2.45, 2.75) is 13.3 Å². The maximum absolute atomic E-state index is 13.8. The van der Waals surface area contributed by atoms with E-state index in [1.54, 1.807) is 6.07 Å². The molecule has 3 rings (SSSR count). The van der Waals surface area contributed by atoms with Crippen LogP contribution in [0.15, 0.2) is 18.5 Å². The van der Waals surface area contributed by atoms with Gasteiger partial charge in [0.1, 0.15) is 17.7 Å². The van der Waals surface area contributed by atoms with Crippen molar-refractivity contribution >= 4 is 16.7 Å². The van der Waals surface area contributed by atoms with E-state index in [1.165, 1.54) is 6.33 Å². The normalized spacial score (nSPS) is 17.1. The number of rotatable bonds is 4. The molecule has 0 bridgehead atoms. The van der Waals surface area contributed by atoms with Gasteiger partial charge in [-0.15, -0.1) is 0 Å². The summed E-state index contributed by atoms with van der Waals surface area (Å²) in [5.74, 6) is -1.10. The summed E-state index contributed by atoms with van der Waals surface area (Å²) in [6.45, 7) is 5.02. The van der Waals surface area contributed by atoms with E-state index in [0.717, 1.165) is 32.1 Å². The maximum atomic E-state index is 13.8. The van der Waals surface area contributed by atoms with Crippen LogP contribution < -0.4 is 4.90 Å². The molecule has 0 N–H and O–H groups in total. The van der Waals surface area contributed by atoms with Crippen molar-refractivity contribution in [1.29, 1.82) is 0 Å². The largest absolute Gasteiger partial charge is 0.355 e. The van der Waals surface area contributed by atoms with E-state index in [-0.39, 0.29) is 10.9 Å². The summed E-state index contributed by atoms with van der Waals surface area (Å²) in [5, 5.41) is 0.566. The van der Waals surface area contributed by atoms with Gasteiger partial charge in [0.2, 0.25) is 0 Å². The Bertz CT molecular complexity index is 696. The zero-order chi connectivity index (χ0) is 15.9. The summed E-state index contributed by atoms with van der Waals surface area (Å²) in [6.07, 6.45) is 2.40. The molecule has 1 aromatic carbocycles. The van der Waals surface area contributed by atoms with Gasteiger partial charge in [-0.2, -0.15) is 0 Å². The highest BCUT2D eigenvalue weighted by Crippen LogP contribution is 2.38. The van der Waals surface area contributed by atoms with Gasteiger partial charge in [0.15, 0.2) is 11.6 Å². The Kier molecular flexibility index (Phi) is 3.72. The Morgan fingerprint density at radius 1 is 1.23 bits per heavy atom. The number of halogens is 2. The van der Waals surface area contributed by atoms with Gasteiger partial charge in [-0.3, -0.25) is 0 Å². The van der Waals surface area contributed by atoms with Gasteiger partial charge in [-0.25, -0.2) is 18.7 Å². The lowest BCUT2D eigenvalue weighted by Gasteiger charge is -2.49. The highest BCUT2D eigenvalue weighted by molar-refractivity contribution is 5.90. The van der Waals surface area contributed by atoms with Crippen molar-refractivity contribution in [2.24, 2.45) is 5.41 Å². The molecule has 0 amide bonds. The van der Waals surface area contributed by atoms with E-state index in [2.05, 4.69) is 40.8 Å². The Labute approximate surface area is 128 Å². The zero-order valence-corrected chi connectivity index (χ0v) is 13.1. The summed E-state index contributed by atoms with van der Waals surface area (Å²) in [5.41, 5.74) is 0.284. The average Bonchev–Trinajstić information content (AvgIpc) is 2.46. The number of aromatic nitrogens is 2. The Balaban J connectivity index is 1.83. The average molecular weight is 306 g/mol. The molecule has 2 aromatic rings. The van der Waals surface area contributed by atoms with Gasteiger partial charge in [-0.05, 0) is 39.2 Å². The molecule has 118 valence electrons. The topological polar surface area (TPSA) is 32.3 Å². The number of hydrogen-bond donors (Lipinski definition) is 0. The van der Waals surface area contributed by atoms with E-state index in [0.29, 0.717) is 11.2 Å². The third-order valence-electron chi connectivity index (χ3n) is 4.28. The van der Waals surface area contributed by atoms with Gasteiger partial charge < -0.3 is 9.80 Å². The minimum absolute atomic E-state index is 0.0481. The third kappa shape index (κ3) is 2.63. The number of benzene rings is 1. The van der Waals surface area contributed by atoms with Crippen molar-refractivity contribution in [2.75, 3.05) is 38.6 Å². The van der Waals surface area contributed by atoms with Crippen LogP contribution in [0.1, 0.15) is 13.3 Å². The lowest BCUT2D eigenvalue weighted by molar-refractivity contribution is 0.196. The predicted molar refractivity (Wildman–Crippen MR) is 82.9 cm³/mol. The molecule has 6 heteroatoms. The van der Waals surface area contributed by atoms with Crippen LogP contribution in [0.25, 0.3) is 10.9 Å². The second kappa shape index (κ2) is 5.43. The first kappa shape index (κ1) is 15.1. The molecule has 0 atom stereocenters. The quantitative estimate of drug-likeness (QED) is 0.869. The van der Waals surface area contributed by atoms with Gasteiger partial charge in [-0.1, -0.05) is 6.92 Å². The van der Waals surface area contributed by atoms with Crippen LogP contribution in [0, 0.1) is 17.0 Å². The molecule has 1 saturated heterocycles. The van der Waals surface area contributed by atoms with Gasteiger partial charge >= 0.3 is 0 Å². The first-order chi connectivity index (χ1) is 10.4. The monoisotopic (exact) mass is 306 g/mol. The minimum atomic E-state index is -0.906. The highest BCUT2D eigenvalue weighted by Gasteiger charge is 2.39. The lowest BCUT2D eigenvalue weighted by atomic mass is 9.78. The first-order valence-corrected chi connectivity index (χ1v) is 7.38. The summed E-state index contributed by atoms with van der Waals surface area (Å²) >= 11 is 0. The molecule has 22 heavy (non-hydrogen) atoms. The van der Waals surface area contributed by atoms with Gasteiger partial charge in [0.25, 0.3) is 0 Å². The predicted octanol–water partition coefficient (Wildman–Crippen LogP) is 2.69. The Hall–Kier alpha value is -1.82. The molecule has 0 aliphatic carbocycles. The van der Waals surface area contributed by atoms with E-state index in [1.807, 2.05) is 0 Å². The van der Waals surface area contributed by atoms with Crippen molar-refractivity contribution in [3.8, 4) is 0 Å². The van der Waals surface area contributed by atoms with E-state index >= 15 is 0 Å². The molecule has 4 nitrogen and oxygen atoms in total. The fourth-order valence-corrected chi connectivity index (χ4v) is 2.99. The lowest BCUT2D eigenvalue weighted by Crippen LogP contribution is -2.56. The molecule has 1 aliphatic rings. The Morgan fingerprint density at radius 2 is 1.95 bits per heavy atom. The fourth-order valence-electron chi connectivity index (χ4n) is 2.99. The van der Waals surface area contributed by atoms with Crippen molar-refractivity contribution in [1.82, 2.24) is 14.9 Å². The molecule has 1 fully saturated rings. The number of nitrogens with zero attached hydrogens (tertiary/aromatic N) is 4. The van der Waals surface area contributed by atoms with Crippen LogP contribution in [0.5, 0.6) is 0 Å². The second-order valence-electron chi connectivity index (χ2n) is 6.67. The minimum Gasteiger partial charge on any atom is -0.355 e. The van der Waals surface area contributed by atoms with Gasteiger partial charge in [0.05, 0.1) is 0 Å². The highest BCUT2D eigenvalue weighted by atomic mass is 19.2. The number of fused-ring (bicyclic) bond motifs is 1.